The van der Waals surface area contributed by atoms with Gasteiger partial charge in [-0.15, -0.1) is 0 Å². The third-order valence-corrected chi connectivity index (χ3v) is 5.02. The van der Waals surface area contributed by atoms with Crippen LogP contribution in [0.2, 0.25) is 0 Å². The summed E-state index contributed by atoms with van der Waals surface area (Å²) in [5, 5.41) is 0. The number of carbonyl (C=O) groups excluding carboxylic acids is 1. The Morgan fingerprint density at radius 2 is 1.91 bits per heavy atom. The first-order chi connectivity index (χ1) is 11.2. The van der Waals surface area contributed by atoms with Crippen LogP contribution in [0.1, 0.15) is 27.0 Å². The molecule has 0 N–H and O–H groups in total. The molecule has 1 amide bonds. The molecular weight excluding hydrogens is 284 g/mol. The van der Waals surface area contributed by atoms with E-state index in [-0.39, 0.29) is 5.91 Å². The molecular formula is C20H22N2O. The molecule has 23 heavy (non-hydrogen) atoms. The van der Waals surface area contributed by atoms with Crippen LogP contribution in [0.4, 0.5) is 0 Å². The van der Waals surface area contributed by atoms with Gasteiger partial charge in [0.05, 0.1) is 0 Å². The first kappa shape index (κ1) is 14.5. The topological polar surface area (TPSA) is 23.6 Å². The number of nitrogens with zero attached hydrogens (tertiary/aromatic N) is 2. The van der Waals surface area contributed by atoms with Crippen molar-refractivity contribution in [2.24, 2.45) is 0 Å². The summed E-state index contributed by atoms with van der Waals surface area (Å²) in [5.74, 6) is 0.218. The minimum atomic E-state index is 0.218. The summed E-state index contributed by atoms with van der Waals surface area (Å²) in [6.07, 6.45) is 0.980. The number of rotatable bonds is 2. The molecule has 0 aliphatic carbocycles. The van der Waals surface area contributed by atoms with E-state index < -0.39 is 0 Å². The molecule has 3 heteroatoms. The zero-order chi connectivity index (χ0) is 15.8. The fraction of sp³-hybridized carbons (Fsp3) is 0.350. The average molecular weight is 306 g/mol. The van der Waals surface area contributed by atoms with Gasteiger partial charge < -0.3 is 4.90 Å². The number of amides is 1. The van der Waals surface area contributed by atoms with Gasteiger partial charge in [0, 0.05) is 37.8 Å². The fourth-order valence-electron chi connectivity index (χ4n) is 3.86. The van der Waals surface area contributed by atoms with E-state index >= 15 is 0 Å². The lowest BCUT2D eigenvalue weighted by atomic mass is 9.90. The highest BCUT2D eigenvalue weighted by Gasteiger charge is 2.36. The van der Waals surface area contributed by atoms with Gasteiger partial charge in [0.15, 0.2) is 0 Å². The van der Waals surface area contributed by atoms with Crippen molar-refractivity contribution in [1.29, 1.82) is 0 Å². The molecule has 0 saturated carbocycles. The van der Waals surface area contributed by atoms with Crippen LogP contribution in [0.25, 0.3) is 0 Å². The number of hydrogen-bond acceptors (Lipinski definition) is 2. The lowest BCUT2D eigenvalue weighted by molar-refractivity contribution is 0.0402. The minimum Gasteiger partial charge on any atom is -0.333 e. The molecule has 118 valence electrons. The maximum absolute atomic E-state index is 12.7. The largest absolute Gasteiger partial charge is 0.333 e. The van der Waals surface area contributed by atoms with E-state index in [0.717, 1.165) is 38.2 Å². The van der Waals surface area contributed by atoms with E-state index in [2.05, 4.69) is 53.1 Å². The zero-order valence-electron chi connectivity index (χ0n) is 13.5. The molecule has 3 nitrogen and oxygen atoms in total. The van der Waals surface area contributed by atoms with Crippen LogP contribution in [0.5, 0.6) is 0 Å². The molecule has 2 aromatic rings. The van der Waals surface area contributed by atoms with E-state index in [9.17, 15) is 4.79 Å². The van der Waals surface area contributed by atoms with Crippen molar-refractivity contribution in [3.05, 3.63) is 70.8 Å². The van der Waals surface area contributed by atoms with Gasteiger partial charge >= 0.3 is 0 Å². The monoisotopic (exact) mass is 306 g/mol. The summed E-state index contributed by atoms with van der Waals surface area (Å²) in [7, 11) is 0. The van der Waals surface area contributed by atoms with Gasteiger partial charge in [0.25, 0.3) is 5.91 Å². The second-order valence-corrected chi connectivity index (χ2v) is 6.74. The number of hydrogen-bond donors (Lipinski definition) is 0. The van der Waals surface area contributed by atoms with Crippen LogP contribution in [0.3, 0.4) is 0 Å². The second kappa shape index (κ2) is 5.82. The quantitative estimate of drug-likeness (QED) is 0.852. The SMILES string of the molecule is Cc1ccc2c(c1)CC1CN(Cc3ccccc3)CCN1C2=O. The average Bonchev–Trinajstić information content (AvgIpc) is 2.55. The lowest BCUT2D eigenvalue weighted by Gasteiger charge is -2.44. The number of fused-ring (bicyclic) bond motifs is 2. The van der Waals surface area contributed by atoms with Crippen molar-refractivity contribution in [2.75, 3.05) is 19.6 Å². The van der Waals surface area contributed by atoms with Gasteiger partial charge in [-0.1, -0.05) is 48.0 Å². The van der Waals surface area contributed by atoms with Gasteiger partial charge in [-0.05, 0) is 30.5 Å². The molecule has 4 rings (SSSR count). The maximum Gasteiger partial charge on any atom is 0.254 e. The number of benzene rings is 2. The summed E-state index contributed by atoms with van der Waals surface area (Å²) in [4.78, 5) is 17.3. The Morgan fingerprint density at radius 1 is 1.09 bits per heavy atom. The first-order valence-electron chi connectivity index (χ1n) is 8.37. The highest BCUT2D eigenvalue weighted by Crippen LogP contribution is 2.27. The van der Waals surface area contributed by atoms with E-state index in [1.807, 2.05) is 12.1 Å². The summed E-state index contributed by atoms with van der Waals surface area (Å²) < 4.78 is 0. The molecule has 2 heterocycles. The highest BCUT2D eigenvalue weighted by molar-refractivity contribution is 5.97. The van der Waals surface area contributed by atoms with Crippen LogP contribution in [0, 0.1) is 6.92 Å². The number of piperazine rings is 1. The van der Waals surface area contributed by atoms with E-state index in [0.29, 0.717) is 6.04 Å². The molecule has 0 bridgehead atoms. The first-order valence-corrected chi connectivity index (χ1v) is 8.37. The molecule has 1 atom stereocenters. The molecule has 1 fully saturated rings. The number of carbonyl (C=O) groups is 1. The van der Waals surface area contributed by atoms with Crippen LogP contribution in [-0.4, -0.2) is 41.4 Å². The van der Waals surface area contributed by atoms with Crippen molar-refractivity contribution in [3.63, 3.8) is 0 Å². The summed E-state index contributed by atoms with van der Waals surface area (Å²) >= 11 is 0. The predicted octanol–water partition coefficient (Wildman–Crippen LogP) is 2.88. The van der Waals surface area contributed by atoms with Gasteiger partial charge in [-0.25, -0.2) is 0 Å². The molecule has 2 aromatic carbocycles. The van der Waals surface area contributed by atoms with Crippen molar-refractivity contribution >= 4 is 5.91 Å². The summed E-state index contributed by atoms with van der Waals surface area (Å²) in [5.41, 5.74) is 4.71. The van der Waals surface area contributed by atoms with Gasteiger partial charge in [-0.2, -0.15) is 0 Å². The Hall–Kier alpha value is -2.13. The smallest absolute Gasteiger partial charge is 0.254 e. The van der Waals surface area contributed by atoms with Gasteiger partial charge in [0.1, 0.15) is 0 Å². The summed E-state index contributed by atoms with van der Waals surface area (Å²) in [6.45, 7) is 5.83. The molecule has 2 aliphatic heterocycles. The van der Waals surface area contributed by atoms with Gasteiger partial charge in [-0.3, -0.25) is 9.69 Å². The Morgan fingerprint density at radius 3 is 2.74 bits per heavy atom. The highest BCUT2D eigenvalue weighted by atomic mass is 16.2. The van der Waals surface area contributed by atoms with E-state index in [1.165, 1.54) is 16.7 Å². The third-order valence-electron chi connectivity index (χ3n) is 5.02. The molecule has 0 radical (unpaired) electrons. The van der Waals surface area contributed by atoms with Crippen molar-refractivity contribution in [3.8, 4) is 0 Å². The lowest BCUT2D eigenvalue weighted by Crippen LogP contribution is -2.57. The van der Waals surface area contributed by atoms with E-state index in [4.69, 9.17) is 0 Å². The maximum atomic E-state index is 12.7. The Labute approximate surface area is 137 Å². The second-order valence-electron chi connectivity index (χ2n) is 6.74. The summed E-state index contributed by atoms with van der Waals surface area (Å²) in [6, 6.07) is 17.1. The Balaban J connectivity index is 1.53. The Bertz CT molecular complexity index is 726. The molecule has 1 unspecified atom stereocenters. The predicted molar refractivity (Wildman–Crippen MR) is 91.4 cm³/mol. The third kappa shape index (κ3) is 2.77. The molecule has 2 aliphatic rings. The Kier molecular flexibility index (Phi) is 3.66. The molecule has 0 spiro atoms. The number of aryl methyl sites for hydroxylation is 1. The van der Waals surface area contributed by atoms with Crippen molar-refractivity contribution < 1.29 is 4.79 Å². The van der Waals surface area contributed by atoms with Crippen LogP contribution in [0.15, 0.2) is 48.5 Å². The van der Waals surface area contributed by atoms with Crippen LogP contribution < -0.4 is 0 Å². The molecule has 0 aromatic heterocycles. The normalized spacial score (nSPS) is 21.0. The van der Waals surface area contributed by atoms with Crippen LogP contribution >= 0.6 is 0 Å². The van der Waals surface area contributed by atoms with Gasteiger partial charge in [0.2, 0.25) is 0 Å². The van der Waals surface area contributed by atoms with Crippen molar-refractivity contribution in [1.82, 2.24) is 9.80 Å². The fourth-order valence-corrected chi connectivity index (χ4v) is 3.86. The standard InChI is InChI=1S/C20H22N2O/c1-15-7-8-19-17(11-15)12-18-14-21(9-10-22(18)20(19)23)13-16-5-3-2-4-6-16/h2-8,11,18H,9-10,12-14H2,1H3. The zero-order valence-corrected chi connectivity index (χ0v) is 13.5. The minimum absolute atomic E-state index is 0.218. The van der Waals surface area contributed by atoms with E-state index in [1.54, 1.807) is 0 Å². The van der Waals surface area contributed by atoms with Crippen LogP contribution in [-0.2, 0) is 13.0 Å². The molecule has 1 saturated heterocycles. The van der Waals surface area contributed by atoms with Crippen molar-refractivity contribution in [2.45, 2.75) is 25.9 Å².